The molecule has 6 heteroatoms. The van der Waals surface area contributed by atoms with E-state index in [2.05, 4.69) is 31.5 Å². The zero-order chi connectivity index (χ0) is 11.7. The number of nitrogen functional groups attached to an aromatic ring is 1. The van der Waals surface area contributed by atoms with Crippen LogP contribution < -0.4 is 16.0 Å². The zero-order valence-electron chi connectivity index (χ0n) is 9.43. The third-order valence-corrected chi connectivity index (χ3v) is 2.94. The fourth-order valence-corrected chi connectivity index (χ4v) is 2.06. The topological polar surface area (TPSA) is 80.0 Å². The van der Waals surface area contributed by atoms with Crippen LogP contribution >= 0.6 is 0 Å². The Morgan fingerprint density at radius 3 is 2.76 bits per heavy atom. The summed E-state index contributed by atoms with van der Waals surface area (Å²) in [5.74, 6) is 0.218. The average Bonchev–Trinajstić information content (AvgIpc) is 2.39. The number of hydrogen-bond donors (Lipinski definition) is 2. The number of piperazine rings is 1. The van der Waals surface area contributed by atoms with Crippen LogP contribution in [0.4, 0.5) is 11.6 Å². The molecule has 88 valence electrons. The molecule has 0 saturated carbocycles. The van der Waals surface area contributed by atoms with E-state index in [9.17, 15) is 0 Å². The summed E-state index contributed by atoms with van der Waals surface area (Å²) in [6.07, 6.45) is 0. The summed E-state index contributed by atoms with van der Waals surface area (Å²) >= 11 is 0. The molecule has 1 aromatic carbocycles. The van der Waals surface area contributed by atoms with Crippen LogP contribution in [0.2, 0.25) is 0 Å². The summed E-state index contributed by atoms with van der Waals surface area (Å²) < 4.78 is 0. The molecule has 17 heavy (non-hydrogen) atoms. The standard InChI is InChI=1S/C11H14N6/c12-11-14-10-7-8(1-2-9(10)15-16-11)17-5-3-13-4-6-17/h1-2,7,13H,3-6H2,(H2,12,14,16). The molecule has 0 atom stereocenters. The van der Waals surface area contributed by atoms with E-state index < -0.39 is 0 Å². The number of nitrogens with two attached hydrogens (primary N) is 1. The fourth-order valence-electron chi connectivity index (χ4n) is 2.06. The van der Waals surface area contributed by atoms with E-state index in [1.165, 1.54) is 5.69 Å². The van der Waals surface area contributed by atoms with E-state index in [-0.39, 0.29) is 5.95 Å². The molecule has 1 aliphatic rings. The average molecular weight is 230 g/mol. The van der Waals surface area contributed by atoms with E-state index in [0.717, 1.165) is 37.2 Å². The Hall–Kier alpha value is -1.95. The molecule has 0 radical (unpaired) electrons. The fraction of sp³-hybridized carbons (Fsp3) is 0.364. The van der Waals surface area contributed by atoms with Gasteiger partial charge in [0.05, 0.1) is 5.52 Å². The molecule has 6 nitrogen and oxygen atoms in total. The van der Waals surface area contributed by atoms with Crippen molar-refractivity contribution in [1.29, 1.82) is 0 Å². The molecule has 0 unspecified atom stereocenters. The van der Waals surface area contributed by atoms with Gasteiger partial charge in [0.25, 0.3) is 0 Å². The second-order valence-electron chi connectivity index (χ2n) is 4.08. The van der Waals surface area contributed by atoms with Gasteiger partial charge in [-0.1, -0.05) is 0 Å². The van der Waals surface area contributed by atoms with Gasteiger partial charge in [-0.2, -0.15) is 0 Å². The minimum absolute atomic E-state index is 0.218. The number of aromatic nitrogens is 3. The van der Waals surface area contributed by atoms with Gasteiger partial charge in [0.2, 0.25) is 5.95 Å². The zero-order valence-corrected chi connectivity index (χ0v) is 9.43. The Bertz CT molecular complexity index is 534. The lowest BCUT2D eigenvalue weighted by Crippen LogP contribution is -2.43. The highest BCUT2D eigenvalue weighted by Gasteiger charge is 2.11. The molecule has 1 saturated heterocycles. The molecule has 2 aromatic rings. The summed E-state index contributed by atoms with van der Waals surface area (Å²) in [5.41, 5.74) is 8.29. The maximum absolute atomic E-state index is 5.54. The Morgan fingerprint density at radius 2 is 1.94 bits per heavy atom. The Balaban J connectivity index is 1.99. The molecular formula is C11H14N6. The van der Waals surface area contributed by atoms with Crippen LogP contribution in [0.3, 0.4) is 0 Å². The minimum atomic E-state index is 0.218. The van der Waals surface area contributed by atoms with Crippen molar-refractivity contribution in [2.75, 3.05) is 36.8 Å². The maximum atomic E-state index is 5.54. The molecule has 0 aliphatic carbocycles. The van der Waals surface area contributed by atoms with Gasteiger partial charge in [-0.3, -0.25) is 0 Å². The number of fused-ring (bicyclic) bond motifs is 1. The van der Waals surface area contributed by atoms with Gasteiger partial charge >= 0.3 is 0 Å². The molecule has 0 spiro atoms. The van der Waals surface area contributed by atoms with E-state index in [1.807, 2.05) is 12.1 Å². The van der Waals surface area contributed by atoms with Crippen molar-refractivity contribution >= 4 is 22.7 Å². The monoisotopic (exact) mass is 230 g/mol. The van der Waals surface area contributed by atoms with Gasteiger partial charge < -0.3 is 16.0 Å². The predicted molar refractivity (Wildman–Crippen MR) is 66.8 cm³/mol. The Kier molecular flexibility index (Phi) is 2.49. The van der Waals surface area contributed by atoms with Gasteiger partial charge in [-0.25, -0.2) is 4.98 Å². The van der Waals surface area contributed by atoms with Gasteiger partial charge in [-0.15, -0.1) is 10.2 Å². The first-order chi connectivity index (χ1) is 8.33. The number of nitrogens with zero attached hydrogens (tertiary/aromatic N) is 4. The van der Waals surface area contributed by atoms with Gasteiger partial charge in [0, 0.05) is 31.9 Å². The third-order valence-electron chi connectivity index (χ3n) is 2.94. The third kappa shape index (κ3) is 1.99. The van der Waals surface area contributed by atoms with Gasteiger partial charge in [0.1, 0.15) is 5.52 Å². The van der Waals surface area contributed by atoms with Crippen molar-refractivity contribution in [2.45, 2.75) is 0 Å². The molecule has 2 heterocycles. The Labute approximate surface area is 98.8 Å². The second kappa shape index (κ2) is 4.14. The van der Waals surface area contributed by atoms with E-state index >= 15 is 0 Å². The van der Waals surface area contributed by atoms with E-state index in [1.54, 1.807) is 0 Å². The lowest BCUT2D eigenvalue weighted by Gasteiger charge is -2.29. The van der Waals surface area contributed by atoms with Gasteiger partial charge in [-0.05, 0) is 18.2 Å². The molecule has 1 fully saturated rings. The van der Waals surface area contributed by atoms with Crippen LogP contribution in [-0.2, 0) is 0 Å². The minimum Gasteiger partial charge on any atom is -0.369 e. The van der Waals surface area contributed by atoms with Crippen molar-refractivity contribution in [3.05, 3.63) is 18.2 Å². The first kappa shape index (κ1) is 10.2. The number of nitrogens with one attached hydrogen (secondary N) is 1. The largest absolute Gasteiger partial charge is 0.369 e. The van der Waals surface area contributed by atoms with Crippen molar-refractivity contribution in [2.24, 2.45) is 0 Å². The van der Waals surface area contributed by atoms with Crippen molar-refractivity contribution in [1.82, 2.24) is 20.5 Å². The smallest absolute Gasteiger partial charge is 0.240 e. The van der Waals surface area contributed by atoms with E-state index in [0.29, 0.717) is 0 Å². The van der Waals surface area contributed by atoms with E-state index in [4.69, 9.17) is 5.73 Å². The summed E-state index contributed by atoms with van der Waals surface area (Å²) in [7, 11) is 0. The first-order valence-corrected chi connectivity index (χ1v) is 5.68. The van der Waals surface area contributed by atoms with Crippen LogP contribution in [0.15, 0.2) is 18.2 Å². The number of rotatable bonds is 1. The molecule has 3 N–H and O–H groups in total. The highest BCUT2D eigenvalue weighted by atomic mass is 15.2. The van der Waals surface area contributed by atoms with Crippen LogP contribution in [0.1, 0.15) is 0 Å². The van der Waals surface area contributed by atoms with Crippen molar-refractivity contribution in [3.63, 3.8) is 0 Å². The van der Waals surface area contributed by atoms with Crippen LogP contribution in [0, 0.1) is 0 Å². The molecule has 1 aliphatic heterocycles. The lowest BCUT2D eigenvalue weighted by atomic mass is 10.2. The predicted octanol–water partition coefficient (Wildman–Crippen LogP) is 0.0166. The first-order valence-electron chi connectivity index (χ1n) is 5.68. The maximum Gasteiger partial charge on any atom is 0.240 e. The second-order valence-corrected chi connectivity index (χ2v) is 4.08. The SMILES string of the molecule is Nc1nnc2ccc(N3CCNCC3)cc2n1. The quantitative estimate of drug-likeness (QED) is 0.718. The molecule has 1 aromatic heterocycles. The molecule has 3 rings (SSSR count). The lowest BCUT2D eigenvalue weighted by molar-refractivity contribution is 0.589. The van der Waals surface area contributed by atoms with Crippen molar-refractivity contribution in [3.8, 4) is 0 Å². The molecule has 0 bridgehead atoms. The highest BCUT2D eigenvalue weighted by Crippen LogP contribution is 2.19. The number of benzene rings is 1. The van der Waals surface area contributed by atoms with Crippen LogP contribution in [0.25, 0.3) is 11.0 Å². The number of hydrogen-bond acceptors (Lipinski definition) is 6. The summed E-state index contributed by atoms with van der Waals surface area (Å²) in [6.45, 7) is 4.06. The highest BCUT2D eigenvalue weighted by molar-refractivity contribution is 5.79. The van der Waals surface area contributed by atoms with Crippen LogP contribution in [-0.4, -0.2) is 41.4 Å². The summed E-state index contributed by atoms with van der Waals surface area (Å²) in [4.78, 5) is 6.52. The molecular weight excluding hydrogens is 216 g/mol. The molecule has 0 amide bonds. The van der Waals surface area contributed by atoms with Gasteiger partial charge in [0.15, 0.2) is 0 Å². The normalized spacial score (nSPS) is 16.4. The number of anilines is 2. The Morgan fingerprint density at radius 1 is 1.12 bits per heavy atom. The summed E-state index contributed by atoms with van der Waals surface area (Å²) in [6, 6.07) is 6.01. The van der Waals surface area contributed by atoms with Crippen LogP contribution in [0.5, 0.6) is 0 Å². The summed E-state index contributed by atoms with van der Waals surface area (Å²) in [5, 5.41) is 11.1. The van der Waals surface area contributed by atoms with Crippen molar-refractivity contribution < 1.29 is 0 Å².